The van der Waals surface area contributed by atoms with Crippen LogP contribution in [0.15, 0.2) is 12.1 Å². The zero-order valence-corrected chi connectivity index (χ0v) is 11.2. The van der Waals surface area contributed by atoms with Gasteiger partial charge in [-0.3, -0.25) is 0 Å². The standard InChI is InChI=1S/C12H15F3N6/c13-12(14,15)11-19-18-10-5-4-9(20-21(10)11)17-7-8-3-1-2-6-16-8/h4-5,8,16H,1-3,6-7H2,(H,17,20). The first-order chi connectivity index (χ1) is 10.0. The van der Waals surface area contributed by atoms with E-state index in [9.17, 15) is 13.2 Å². The van der Waals surface area contributed by atoms with Gasteiger partial charge in [0, 0.05) is 12.6 Å². The molecule has 3 heterocycles. The van der Waals surface area contributed by atoms with Crippen LogP contribution < -0.4 is 10.6 Å². The van der Waals surface area contributed by atoms with Crippen LogP contribution in [0.4, 0.5) is 19.0 Å². The van der Waals surface area contributed by atoms with Crippen LogP contribution in [0.3, 0.4) is 0 Å². The number of nitrogens with zero attached hydrogens (tertiary/aromatic N) is 4. The largest absolute Gasteiger partial charge is 0.453 e. The highest BCUT2D eigenvalue weighted by Crippen LogP contribution is 2.27. The van der Waals surface area contributed by atoms with Crippen molar-refractivity contribution in [3.05, 3.63) is 18.0 Å². The number of alkyl halides is 3. The van der Waals surface area contributed by atoms with Gasteiger partial charge in [-0.25, -0.2) is 0 Å². The van der Waals surface area contributed by atoms with E-state index in [1.165, 1.54) is 6.07 Å². The smallest absolute Gasteiger partial charge is 0.367 e. The van der Waals surface area contributed by atoms with Gasteiger partial charge in [-0.15, -0.1) is 15.3 Å². The SMILES string of the molecule is FC(F)(F)c1nnc2ccc(NCC3CCCCN3)nn12. The fraction of sp³-hybridized carbons (Fsp3) is 0.583. The molecule has 1 aliphatic rings. The molecule has 0 aromatic carbocycles. The third kappa shape index (κ3) is 3.07. The molecule has 2 N–H and O–H groups in total. The molecule has 1 aliphatic heterocycles. The molecule has 1 unspecified atom stereocenters. The van der Waals surface area contributed by atoms with Gasteiger partial charge in [0.15, 0.2) is 5.65 Å². The van der Waals surface area contributed by atoms with Crippen LogP contribution in [0.2, 0.25) is 0 Å². The Morgan fingerprint density at radius 2 is 2.14 bits per heavy atom. The minimum atomic E-state index is -4.57. The van der Waals surface area contributed by atoms with Crippen molar-refractivity contribution in [1.29, 1.82) is 0 Å². The van der Waals surface area contributed by atoms with Crippen molar-refractivity contribution in [2.45, 2.75) is 31.5 Å². The van der Waals surface area contributed by atoms with E-state index in [1.54, 1.807) is 6.07 Å². The molecular formula is C12H15F3N6. The summed E-state index contributed by atoms with van der Waals surface area (Å²) in [4.78, 5) is 0. The van der Waals surface area contributed by atoms with Gasteiger partial charge in [0.05, 0.1) is 0 Å². The molecule has 2 aromatic rings. The van der Waals surface area contributed by atoms with Crippen molar-refractivity contribution in [2.75, 3.05) is 18.4 Å². The van der Waals surface area contributed by atoms with Crippen molar-refractivity contribution in [3.8, 4) is 0 Å². The summed E-state index contributed by atoms with van der Waals surface area (Å²) in [5.74, 6) is -0.739. The average molecular weight is 300 g/mol. The Labute approximate surface area is 118 Å². The second-order valence-corrected chi connectivity index (χ2v) is 5.04. The summed E-state index contributed by atoms with van der Waals surface area (Å²) in [5, 5.41) is 16.9. The summed E-state index contributed by atoms with van der Waals surface area (Å²) in [5.41, 5.74) is 0.0728. The van der Waals surface area contributed by atoms with Crippen molar-refractivity contribution in [1.82, 2.24) is 25.1 Å². The summed E-state index contributed by atoms with van der Waals surface area (Å²) in [6.07, 6.45) is -1.20. The van der Waals surface area contributed by atoms with Gasteiger partial charge in [0.1, 0.15) is 5.82 Å². The number of nitrogens with one attached hydrogen (secondary N) is 2. The van der Waals surface area contributed by atoms with E-state index in [1.807, 2.05) is 0 Å². The molecular weight excluding hydrogens is 285 g/mol. The second-order valence-electron chi connectivity index (χ2n) is 5.04. The molecule has 6 nitrogen and oxygen atoms in total. The van der Waals surface area contributed by atoms with E-state index >= 15 is 0 Å². The molecule has 0 spiro atoms. The summed E-state index contributed by atoms with van der Waals surface area (Å²) in [6, 6.07) is 3.39. The predicted molar refractivity (Wildman–Crippen MR) is 69.9 cm³/mol. The van der Waals surface area contributed by atoms with Crippen LogP contribution in [0.1, 0.15) is 25.1 Å². The minimum Gasteiger partial charge on any atom is -0.367 e. The van der Waals surface area contributed by atoms with Gasteiger partial charge < -0.3 is 10.6 Å². The normalized spacial score (nSPS) is 19.9. The lowest BCUT2D eigenvalue weighted by molar-refractivity contribution is -0.146. The molecule has 21 heavy (non-hydrogen) atoms. The summed E-state index contributed by atoms with van der Waals surface area (Å²) >= 11 is 0. The fourth-order valence-electron chi connectivity index (χ4n) is 2.39. The number of aromatic nitrogens is 4. The van der Waals surface area contributed by atoms with Gasteiger partial charge in [0.25, 0.3) is 5.82 Å². The molecule has 0 radical (unpaired) electrons. The fourth-order valence-corrected chi connectivity index (χ4v) is 2.39. The molecule has 114 valence electrons. The zero-order chi connectivity index (χ0) is 14.9. The molecule has 9 heteroatoms. The first-order valence-electron chi connectivity index (χ1n) is 6.81. The topological polar surface area (TPSA) is 67.1 Å². The lowest BCUT2D eigenvalue weighted by Crippen LogP contribution is -2.39. The minimum absolute atomic E-state index is 0.0728. The molecule has 0 aliphatic carbocycles. The third-order valence-corrected chi connectivity index (χ3v) is 3.46. The van der Waals surface area contributed by atoms with Crippen LogP contribution in [-0.4, -0.2) is 38.9 Å². The van der Waals surface area contributed by atoms with Crippen molar-refractivity contribution in [3.63, 3.8) is 0 Å². The Hall–Kier alpha value is -1.90. The molecule has 2 aromatic heterocycles. The number of fused-ring (bicyclic) bond motifs is 1. The Balaban J connectivity index is 1.76. The predicted octanol–water partition coefficient (Wildman–Crippen LogP) is 1.70. The number of halogens is 3. The van der Waals surface area contributed by atoms with Crippen LogP contribution in [0.5, 0.6) is 0 Å². The maximum Gasteiger partial charge on any atom is 0.453 e. The molecule has 3 rings (SSSR count). The van der Waals surface area contributed by atoms with Crippen molar-refractivity contribution >= 4 is 11.5 Å². The van der Waals surface area contributed by atoms with Crippen molar-refractivity contribution < 1.29 is 13.2 Å². The van der Waals surface area contributed by atoms with Gasteiger partial charge in [0.2, 0.25) is 0 Å². The van der Waals surface area contributed by atoms with E-state index in [0.29, 0.717) is 18.4 Å². The first-order valence-corrected chi connectivity index (χ1v) is 6.81. The van der Waals surface area contributed by atoms with Gasteiger partial charge >= 0.3 is 6.18 Å². The number of rotatable bonds is 3. The Kier molecular flexibility index (Phi) is 3.66. The lowest BCUT2D eigenvalue weighted by atomic mass is 10.1. The highest BCUT2D eigenvalue weighted by atomic mass is 19.4. The van der Waals surface area contributed by atoms with E-state index in [4.69, 9.17) is 0 Å². The highest BCUT2D eigenvalue weighted by Gasteiger charge is 2.37. The summed E-state index contributed by atoms with van der Waals surface area (Å²) < 4.78 is 39.0. The summed E-state index contributed by atoms with van der Waals surface area (Å²) in [7, 11) is 0. The molecule has 0 saturated carbocycles. The van der Waals surface area contributed by atoms with E-state index < -0.39 is 12.0 Å². The van der Waals surface area contributed by atoms with Crippen molar-refractivity contribution in [2.24, 2.45) is 0 Å². The maximum atomic E-state index is 12.8. The van der Waals surface area contributed by atoms with E-state index in [-0.39, 0.29) is 5.65 Å². The molecule has 0 bridgehead atoms. The summed E-state index contributed by atoms with van der Waals surface area (Å²) in [6.45, 7) is 1.60. The van der Waals surface area contributed by atoms with E-state index in [0.717, 1.165) is 30.3 Å². The lowest BCUT2D eigenvalue weighted by Gasteiger charge is -2.23. The number of piperidine rings is 1. The third-order valence-electron chi connectivity index (χ3n) is 3.46. The Morgan fingerprint density at radius 3 is 2.86 bits per heavy atom. The molecule has 1 fully saturated rings. The Morgan fingerprint density at radius 1 is 1.29 bits per heavy atom. The van der Waals surface area contributed by atoms with Crippen LogP contribution in [0, 0.1) is 0 Å². The average Bonchev–Trinajstić information content (AvgIpc) is 2.89. The zero-order valence-electron chi connectivity index (χ0n) is 11.2. The quantitative estimate of drug-likeness (QED) is 0.903. The second kappa shape index (κ2) is 5.47. The number of hydrogen-bond donors (Lipinski definition) is 2. The monoisotopic (exact) mass is 300 g/mol. The molecule has 0 amide bonds. The first kappa shape index (κ1) is 14.1. The number of anilines is 1. The van der Waals surface area contributed by atoms with Gasteiger partial charge in [-0.2, -0.15) is 17.7 Å². The molecule has 1 atom stereocenters. The van der Waals surface area contributed by atoms with Crippen LogP contribution in [0.25, 0.3) is 5.65 Å². The molecule has 1 saturated heterocycles. The van der Waals surface area contributed by atoms with Gasteiger partial charge in [-0.1, -0.05) is 6.42 Å². The Bertz CT molecular complexity index is 617. The van der Waals surface area contributed by atoms with Crippen LogP contribution in [-0.2, 0) is 6.18 Å². The van der Waals surface area contributed by atoms with Gasteiger partial charge in [-0.05, 0) is 31.5 Å². The highest BCUT2D eigenvalue weighted by molar-refractivity contribution is 5.44. The maximum absolute atomic E-state index is 12.8. The van der Waals surface area contributed by atoms with E-state index in [2.05, 4.69) is 25.9 Å². The van der Waals surface area contributed by atoms with Crippen LogP contribution >= 0.6 is 0 Å². The number of hydrogen-bond acceptors (Lipinski definition) is 5.